The molecule has 5 nitrogen and oxygen atoms in total. The van der Waals surface area contributed by atoms with Crippen molar-refractivity contribution in [1.82, 2.24) is 9.97 Å². The van der Waals surface area contributed by atoms with Crippen LogP contribution in [0.5, 0.6) is 0 Å². The van der Waals surface area contributed by atoms with Gasteiger partial charge in [-0.1, -0.05) is 20.8 Å². The van der Waals surface area contributed by atoms with E-state index in [4.69, 9.17) is 4.74 Å². The van der Waals surface area contributed by atoms with Gasteiger partial charge >= 0.3 is 5.97 Å². The molecular formula is C13H21N3O2. The first kappa shape index (κ1) is 14.4. The van der Waals surface area contributed by atoms with Crippen LogP contribution in [0.25, 0.3) is 0 Å². The summed E-state index contributed by atoms with van der Waals surface area (Å²) in [4.78, 5) is 19.6. The van der Waals surface area contributed by atoms with E-state index in [2.05, 4.69) is 36.1 Å². The van der Waals surface area contributed by atoms with Crippen LogP contribution in [0.1, 0.15) is 39.8 Å². The van der Waals surface area contributed by atoms with Crippen LogP contribution in [0.2, 0.25) is 0 Å². The number of aromatic nitrogens is 2. The van der Waals surface area contributed by atoms with Crippen molar-refractivity contribution in [3.8, 4) is 0 Å². The van der Waals surface area contributed by atoms with Crippen LogP contribution in [-0.4, -0.2) is 29.1 Å². The number of carbonyl (C=O) groups is 1. The molecule has 1 N–H and O–H groups in total. The molecule has 0 aliphatic rings. The fourth-order valence-corrected chi connectivity index (χ4v) is 1.38. The van der Waals surface area contributed by atoms with Crippen LogP contribution in [0, 0.1) is 0 Å². The third-order valence-corrected chi connectivity index (χ3v) is 2.96. The van der Waals surface area contributed by atoms with Gasteiger partial charge in [-0.2, -0.15) is 0 Å². The van der Waals surface area contributed by atoms with Gasteiger partial charge < -0.3 is 10.1 Å². The molecule has 0 saturated heterocycles. The van der Waals surface area contributed by atoms with Gasteiger partial charge in [0.05, 0.1) is 12.3 Å². The number of nitrogens with one attached hydrogen (secondary N) is 1. The third kappa shape index (κ3) is 3.98. The van der Waals surface area contributed by atoms with Crippen LogP contribution in [0.3, 0.4) is 0 Å². The van der Waals surface area contributed by atoms with E-state index < -0.39 is 0 Å². The summed E-state index contributed by atoms with van der Waals surface area (Å²) in [5.74, 6) is 0.363. The highest BCUT2D eigenvalue weighted by molar-refractivity contribution is 5.74. The Morgan fingerprint density at radius 1 is 1.39 bits per heavy atom. The van der Waals surface area contributed by atoms with Crippen molar-refractivity contribution in [2.24, 2.45) is 0 Å². The summed E-state index contributed by atoms with van der Waals surface area (Å²) in [6, 6.07) is 1.88. The number of nitrogens with zero attached hydrogens (tertiary/aromatic N) is 2. The maximum atomic E-state index is 11.2. The fourth-order valence-electron chi connectivity index (χ4n) is 1.38. The van der Waals surface area contributed by atoms with E-state index in [0.717, 1.165) is 12.1 Å². The first-order chi connectivity index (χ1) is 8.49. The first-order valence-corrected chi connectivity index (χ1v) is 6.21. The van der Waals surface area contributed by atoms with Gasteiger partial charge in [-0.3, -0.25) is 4.79 Å². The zero-order chi connectivity index (χ0) is 13.6. The molecule has 0 fully saturated rings. The highest BCUT2D eigenvalue weighted by Gasteiger charge is 2.20. The number of carbonyl (C=O) groups excluding carboxylic acids is 1. The lowest BCUT2D eigenvalue weighted by Gasteiger charge is -2.22. The van der Waals surface area contributed by atoms with Crippen LogP contribution in [0.4, 0.5) is 5.82 Å². The van der Waals surface area contributed by atoms with Crippen molar-refractivity contribution in [3.63, 3.8) is 0 Å². The van der Waals surface area contributed by atoms with Crippen molar-refractivity contribution in [3.05, 3.63) is 18.1 Å². The molecule has 0 bridgehead atoms. The molecule has 0 spiro atoms. The molecule has 0 amide bonds. The Morgan fingerprint density at radius 3 is 2.72 bits per heavy atom. The quantitative estimate of drug-likeness (QED) is 0.785. The molecule has 1 aromatic rings. The Kier molecular flexibility index (Phi) is 5.07. The van der Waals surface area contributed by atoms with Gasteiger partial charge in [-0.25, -0.2) is 9.97 Å². The zero-order valence-electron chi connectivity index (χ0n) is 11.5. The summed E-state index contributed by atoms with van der Waals surface area (Å²) in [6.07, 6.45) is 2.50. The predicted octanol–water partition coefficient (Wildman–Crippen LogP) is 2.14. The van der Waals surface area contributed by atoms with Crippen molar-refractivity contribution < 1.29 is 9.53 Å². The molecule has 0 atom stereocenters. The van der Waals surface area contributed by atoms with Crippen molar-refractivity contribution in [2.45, 2.75) is 39.5 Å². The largest absolute Gasteiger partial charge is 0.465 e. The van der Waals surface area contributed by atoms with E-state index >= 15 is 0 Å². The standard InChI is InChI=1S/C13H21N3O2/c1-5-13(3,4)10-7-11(16-9-15-10)14-8-12(17)18-6-2/h7,9H,5-6,8H2,1-4H3,(H,14,15,16). The van der Waals surface area contributed by atoms with Crippen molar-refractivity contribution in [2.75, 3.05) is 18.5 Å². The monoisotopic (exact) mass is 251 g/mol. The minimum absolute atomic E-state index is 0.00327. The molecule has 0 aliphatic heterocycles. The number of anilines is 1. The Hall–Kier alpha value is -1.65. The van der Waals surface area contributed by atoms with Crippen LogP contribution in [-0.2, 0) is 14.9 Å². The van der Waals surface area contributed by atoms with Crippen LogP contribution in [0.15, 0.2) is 12.4 Å². The molecule has 100 valence electrons. The minimum atomic E-state index is -0.285. The second kappa shape index (κ2) is 6.33. The number of esters is 1. The summed E-state index contributed by atoms with van der Waals surface area (Å²) in [7, 11) is 0. The van der Waals surface area contributed by atoms with E-state index in [1.807, 2.05) is 6.07 Å². The number of ether oxygens (including phenoxy) is 1. The van der Waals surface area contributed by atoms with Gasteiger partial charge in [0.1, 0.15) is 18.7 Å². The molecule has 5 heteroatoms. The second-order valence-corrected chi connectivity index (χ2v) is 4.68. The normalized spacial score (nSPS) is 11.1. The van der Waals surface area contributed by atoms with E-state index in [1.165, 1.54) is 6.33 Å². The topological polar surface area (TPSA) is 64.1 Å². The van der Waals surface area contributed by atoms with E-state index in [1.54, 1.807) is 6.92 Å². The average molecular weight is 251 g/mol. The highest BCUT2D eigenvalue weighted by atomic mass is 16.5. The summed E-state index contributed by atoms with van der Waals surface area (Å²) in [5.41, 5.74) is 0.967. The Bertz CT molecular complexity index is 405. The number of rotatable bonds is 6. The molecule has 1 rings (SSSR count). The van der Waals surface area contributed by atoms with Gasteiger partial charge in [0.25, 0.3) is 0 Å². The van der Waals surface area contributed by atoms with E-state index in [-0.39, 0.29) is 17.9 Å². The summed E-state index contributed by atoms with van der Waals surface area (Å²) >= 11 is 0. The van der Waals surface area contributed by atoms with Gasteiger partial charge in [-0.05, 0) is 13.3 Å². The molecule has 0 radical (unpaired) electrons. The maximum Gasteiger partial charge on any atom is 0.325 e. The van der Waals surface area contributed by atoms with Gasteiger partial charge in [0.15, 0.2) is 0 Å². The van der Waals surface area contributed by atoms with Gasteiger partial charge in [-0.15, -0.1) is 0 Å². The minimum Gasteiger partial charge on any atom is -0.465 e. The lowest BCUT2D eigenvalue weighted by Crippen LogP contribution is -2.20. The lowest BCUT2D eigenvalue weighted by atomic mass is 9.86. The highest BCUT2D eigenvalue weighted by Crippen LogP contribution is 2.25. The lowest BCUT2D eigenvalue weighted by molar-refractivity contribution is -0.140. The fraction of sp³-hybridized carbons (Fsp3) is 0.615. The Morgan fingerprint density at radius 2 is 2.11 bits per heavy atom. The molecule has 18 heavy (non-hydrogen) atoms. The van der Waals surface area contributed by atoms with Crippen LogP contribution < -0.4 is 5.32 Å². The van der Waals surface area contributed by atoms with E-state index in [9.17, 15) is 4.79 Å². The second-order valence-electron chi connectivity index (χ2n) is 4.68. The van der Waals surface area contributed by atoms with Crippen molar-refractivity contribution >= 4 is 11.8 Å². The number of hydrogen-bond acceptors (Lipinski definition) is 5. The predicted molar refractivity (Wildman–Crippen MR) is 70.5 cm³/mol. The summed E-state index contributed by atoms with van der Waals surface area (Å²) in [5, 5.41) is 2.94. The van der Waals surface area contributed by atoms with Gasteiger partial charge in [0, 0.05) is 11.5 Å². The molecule has 0 aromatic carbocycles. The maximum absolute atomic E-state index is 11.2. The third-order valence-electron chi connectivity index (χ3n) is 2.96. The SMILES string of the molecule is CCOC(=O)CNc1cc(C(C)(C)CC)ncn1. The summed E-state index contributed by atoms with van der Waals surface area (Å²) in [6.45, 7) is 8.67. The molecule has 0 aliphatic carbocycles. The van der Waals surface area contributed by atoms with Crippen LogP contribution >= 0.6 is 0 Å². The van der Waals surface area contributed by atoms with E-state index in [0.29, 0.717) is 12.4 Å². The molecule has 1 heterocycles. The average Bonchev–Trinajstić information content (AvgIpc) is 2.37. The molecule has 1 aromatic heterocycles. The Balaban J connectivity index is 2.68. The zero-order valence-corrected chi connectivity index (χ0v) is 11.5. The Labute approximate surface area is 108 Å². The number of hydrogen-bond donors (Lipinski definition) is 1. The smallest absolute Gasteiger partial charge is 0.325 e. The molecular weight excluding hydrogens is 230 g/mol. The molecule has 0 saturated carbocycles. The van der Waals surface area contributed by atoms with Crippen molar-refractivity contribution in [1.29, 1.82) is 0 Å². The first-order valence-electron chi connectivity index (χ1n) is 6.21. The van der Waals surface area contributed by atoms with Gasteiger partial charge in [0.2, 0.25) is 0 Å². The molecule has 0 unspecified atom stereocenters. The summed E-state index contributed by atoms with van der Waals surface area (Å²) < 4.78 is 4.84.